The van der Waals surface area contributed by atoms with E-state index in [1.165, 1.54) is 0 Å². The van der Waals surface area contributed by atoms with Gasteiger partial charge in [-0.1, -0.05) is 59.3 Å². The van der Waals surface area contributed by atoms with Crippen LogP contribution in [0, 0.1) is 12.8 Å². The molecule has 1 N–H and O–H groups in total. The quantitative estimate of drug-likeness (QED) is 0.825. The smallest absolute Gasteiger partial charge is 0.225 e. The fourth-order valence-corrected chi connectivity index (χ4v) is 2.91. The van der Waals surface area contributed by atoms with Crippen molar-refractivity contribution in [3.8, 4) is 0 Å². The molecule has 0 bridgehead atoms. The predicted molar refractivity (Wildman–Crippen MR) is 95.5 cm³/mol. The van der Waals surface area contributed by atoms with E-state index in [2.05, 4.69) is 21.2 Å². The third kappa shape index (κ3) is 4.68. The van der Waals surface area contributed by atoms with Crippen LogP contribution in [0.2, 0.25) is 0 Å². The van der Waals surface area contributed by atoms with Gasteiger partial charge in [0.05, 0.1) is 0 Å². The van der Waals surface area contributed by atoms with Gasteiger partial charge in [0.2, 0.25) is 5.91 Å². The van der Waals surface area contributed by atoms with E-state index in [4.69, 9.17) is 0 Å². The van der Waals surface area contributed by atoms with Crippen LogP contribution in [-0.4, -0.2) is 11.9 Å². The highest BCUT2D eigenvalue weighted by molar-refractivity contribution is 9.10. The first-order valence-electron chi connectivity index (χ1n) is 7.70. The zero-order valence-corrected chi connectivity index (χ0v) is 15.2. The number of rotatable bonds is 6. The summed E-state index contributed by atoms with van der Waals surface area (Å²) in [5, 5.41) is 14.2. The van der Waals surface area contributed by atoms with E-state index in [9.17, 15) is 14.7 Å². The number of hydrogen-bond acceptors (Lipinski definition) is 3. The van der Waals surface area contributed by atoms with Gasteiger partial charge >= 0.3 is 0 Å². The lowest BCUT2D eigenvalue weighted by atomic mass is 9.85. The van der Waals surface area contributed by atoms with Gasteiger partial charge < -0.3 is 15.2 Å². The maximum atomic E-state index is 12.2. The number of carbonyl (C=O) groups excluding carboxylic acids is 2. The van der Waals surface area contributed by atoms with Crippen LogP contribution < -0.4 is 10.4 Å². The predicted octanol–water partition coefficient (Wildman–Crippen LogP) is 3.26. The Hall–Kier alpha value is -2.14. The van der Waals surface area contributed by atoms with Crippen molar-refractivity contribution >= 4 is 33.5 Å². The third-order valence-corrected chi connectivity index (χ3v) is 4.95. The molecule has 0 heterocycles. The molecular weight excluding hydrogens is 370 g/mol. The van der Waals surface area contributed by atoms with Gasteiger partial charge in [0, 0.05) is 28.5 Å². The molecule has 2 atom stereocenters. The Balaban J connectivity index is 2.08. The molecule has 2 aromatic rings. The summed E-state index contributed by atoms with van der Waals surface area (Å²) in [6, 6.07) is 14.7. The fraction of sp³-hybridized carbons (Fsp3) is 0.263. The minimum absolute atomic E-state index is 0.135. The number of aryl methyl sites for hydroxylation is 1. The van der Waals surface area contributed by atoms with E-state index in [1.807, 2.05) is 43.3 Å². The zero-order chi connectivity index (χ0) is 17.7. The maximum absolute atomic E-state index is 12.2. The van der Waals surface area contributed by atoms with Crippen molar-refractivity contribution < 1.29 is 14.7 Å². The summed E-state index contributed by atoms with van der Waals surface area (Å²) < 4.78 is 0.884. The minimum atomic E-state index is -1.22. The first-order valence-corrected chi connectivity index (χ1v) is 8.49. The Morgan fingerprint density at radius 1 is 1.17 bits per heavy atom. The van der Waals surface area contributed by atoms with E-state index >= 15 is 0 Å². The molecule has 0 saturated carbocycles. The number of benzene rings is 2. The number of aliphatic carboxylic acids is 1. The summed E-state index contributed by atoms with van der Waals surface area (Å²) in [6.07, 6.45) is -0.135. The van der Waals surface area contributed by atoms with Gasteiger partial charge in [0.1, 0.15) is 0 Å². The monoisotopic (exact) mass is 388 g/mol. The topological polar surface area (TPSA) is 69.2 Å². The van der Waals surface area contributed by atoms with Crippen LogP contribution >= 0.6 is 15.9 Å². The number of carboxylic acids is 1. The Morgan fingerprint density at radius 3 is 2.42 bits per heavy atom. The van der Waals surface area contributed by atoms with Gasteiger partial charge in [-0.15, -0.1) is 0 Å². The van der Waals surface area contributed by atoms with Crippen molar-refractivity contribution in [2.75, 3.05) is 5.32 Å². The first kappa shape index (κ1) is 18.2. The van der Waals surface area contributed by atoms with Crippen LogP contribution in [0.3, 0.4) is 0 Å². The molecule has 0 unspecified atom stereocenters. The van der Waals surface area contributed by atoms with Crippen LogP contribution in [0.4, 0.5) is 5.69 Å². The van der Waals surface area contributed by atoms with E-state index in [-0.39, 0.29) is 18.2 Å². The molecule has 4 nitrogen and oxygen atoms in total. The molecule has 2 aromatic carbocycles. The summed E-state index contributed by atoms with van der Waals surface area (Å²) in [4.78, 5) is 23.7. The zero-order valence-electron chi connectivity index (χ0n) is 13.6. The molecule has 0 aromatic heterocycles. The SMILES string of the molecule is Cc1ccc(NC(=O)C[C@@H](C(=O)[O-])[C@H](C)c2ccccc2)cc1Br. The lowest BCUT2D eigenvalue weighted by Gasteiger charge is -2.25. The molecule has 0 aliphatic carbocycles. The molecule has 0 aliphatic rings. The largest absolute Gasteiger partial charge is 0.550 e. The third-order valence-electron chi connectivity index (χ3n) is 4.09. The molecule has 0 fully saturated rings. The molecule has 0 saturated heterocycles. The second kappa shape index (κ2) is 8.11. The van der Waals surface area contributed by atoms with Crippen molar-refractivity contribution in [1.82, 2.24) is 0 Å². The van der Waals surface area contributed by atoms with Crippen LogP contribution in [0.5, 0.6) is 0 Å². The van der Waals surface area contributed by atoms with Crippen molar-refractivity contribution in [3.63, 3.8) is 0 Å². The summed E-state index contributed by atoms with van der Waals surface area (Å²) >= 11 is 3.41. The lowest BCUT2D eigenvalue weighted by Crippen LogP contribution is -2.36. The summed E-state index contributed by atoms with van der Waals surface area (Å²) in [6.45, 7) is 3.74. The lowest BCUT2D eigenvalue weighted by molar-refractivity contribution is -0.312. The highest BCUT2D eigenvalue weighted by atomic mass is 79.9. The minimum Gasteiger partial charge on any atom is -0.550 e. The number of carbonyl (C=O) groups is 2. The second-order valence-electron chi connectivity index (χ2n) is 5.84. The number of carboxylic acid groups (broad SMARTS) is 1. The van der Waals surface area contributed by atoms with Gasteiger partial charge in [0.15, 0.2) is 0 Å². The van der Waals surface area contributed by atoms with E-state index in [0.29, 0.717) is 5.69 Å². The molecule has 0 radical (unpaired) electrons. The van der Waals surface area contributed by atoms with E-state index in [0.717, 1.165) is 15.6 Å². The molecule has 5 heteroatoms. The molecule has 0 aliphatic heterocycles. The van der Waals surface area contributed by atoms with Gasteiger partial charge in [-0.05, 0) is 36.1 Å². The number of nitrogens with one attached hydrogen (secondary N) is 1. The molecule has 1 amide bonds. The van der Waals surface area contributed by atoms with Gasteiger partial charge in [0.25, 0.3) is 0 Å². The Morgan fingerprint density at radius 2 is 1.83 bits per heavy atom. The van der Waals surface area contributed by atoms with Gasteiger partial charge in [-0.25, -0.2) is 0 Å². The number of amides is 1. The van der Waals surface area contributed by atoms with Crippen molar-refractivity contribution in [1.29, 1.82) is 0 Å². The normalized spacial score (nSPS) is 13.1. The standard InChI is InChI=1S/C19H20BrNO3/c1-12-8-9-15(10-17(12)20)21-18(22)11-16(19(23)24)13(2)14-6-4-3-5-7-14/h3-10,13,16H,11H2,1-2H3,(H,21,22)(H,23,24)/p-1/t13-,16-/m1/s1. The summed E-state index contributed by atoms with van der Waals surface area (Å²) in [7, 11) is 0. The average molecular weight is 389 g/mol. The maximum Gasteiger partial charge on any atom is 0.225 e. The molecule has 126 valence electrons. The van der Waals surface area contributed by atoms with Gasteiger partial charge in [-0.2, -0.15) is 0 Å². The molecular formula is C19H19BrNO3-. The highest BCUT2D eigenvalue weighted by Gasteiger charge is 2.23. The number of hydrogen-bond donors (Lipinski definition) is 1. The molecule has 2 rings (SSSR count). The van der Waals surface area contributed by atoms with Crippen molar-refractivity contribution in [2.45, 2.75) is 26.2 Å². The van der Waals surface area contributed by atoms with Crippen LogP contribution in [-0.2, 0) is 9.59 Å². The molecule has 24 heavy (non-hydrogen) atoms. The Bertz CT molecular complexity index is 731. The number of halogens is 1. The van der Waals surface area contributed by atoms with Crippen LogP contribution in [0.25, 0.3) is 0 Å². The summed E-state index contributed by atoms with van der Waals surface area (Å²) in [5.41, 5.74) is 2.55. The molecule has 0 spiro atoms. The van der Waals surface area contributed by atoms with Crippen LogP contribution in [0.15, 0.2) is 53.0 Å². The van der Waals surface area contributed by atoms with Crippen LogP contribution in [0.1, 0.15) is 30.4 Å². The fourth-order valence-electron chi connectivity index (χ4n) is 2.54. The average Bonchev–Trinajstić information content (AvgIpc) is 2.56. The van der Waals surface area contributed by atoms with E-state index < -0.39 is 11.9 Å². The second-order valence-corrected chi connectivity index (χ2v) is 6.70. The van der Waals surface area contributed by atoms with Crippen molar-refractivity contribution in [2.24, 2.45) is 5.92 Å². The highest BCUT2D eigenvalue weighted by Crippen LogP contribution is 2.27. The van der Waals surface area contributed by atoms with Crippen molar-refractivity contribution in [3.05, 3.63) is 64.1 Å². The van der Waals surface area contributed by atoms with Gasteiger partial charge in [-0.3, -0.25) is 4.79 Å². The Kier molecular flexibility index (Phi) is 6.15. The van der Waals surface area contributed by atoms with E-state index in [1.54, 1.807) is 19.1 Å². The number of anilines is 1. The summed E-state index contributed by atoms with van der Waals surface area (Å²) in [5.74, 6) is -2.76. The Labute approximate surface area is 150 Å². The first-order chi connectivity index (χ1) is 11.4.